The van der Waals surface area contributed by atoms with Gasteiger partial charge in [0.25, 0.3) is 0 Å². The Balaban J connectivity index is 3.86. The predicted octanol–water partition coefficient (Wildman–Crippen LogP) is -1.15. The fourth-order valence-corrected chi connectivity index (χ4v) is 0.568. The Morgan fingerprint density at radius 3 is 2.15 bits per heavy atom. The van der Waals surface area contributed by atoms with Gasteiger partial charge in [0.1, 0.15) is 13.5 Å². The van der Waals surface area contributed by atoms with E-state index < -0.39 is 11.9 Å². The van der Waals surface area contributed by atoms with Crippen molar-refractivity contribution in [3.8, 4) is 0 Å². The van der Waals surface area contributed by atoms with Gasteiger partial charge >= 0.3 is 11.9 Å². The molecule has 74 valence electrons. The summed E-state index contributed by atoms with van der Waals surface area (Å²) in [5.74, 6) is -1.34. The van der Waals surface area contributed by atoms with Crippen LogP contribution in [0.1, 0.15) is 6.42 Å². The van der Waals surface area contributed by atoms with Crippen LogP contribution in [0.3, 0.4) is 0 Å². The van der Waals surface area contributed by atoms with Crippen LogP contribution in [-0.2, 0) is 19.1 Å². The van der Waals surface area contributed by atoms with Gasteiger partial charge in [0.2, 0.25) is 0 Å². The zero-order valence-electron chi connectivity index (χ0n) is 7.12. The Labute approximate surface area is 75.5 Å². The number of rotatable bonds is 5. The SMILES string of the molecule is C=C(CC(=O)OCN)C(=O)OCN. The van der Waals surface area contributed by atoms with Gasteiger partial charge in [0, 0.05) is 5.57 Å². The van der Waals surface area contributed by atoms with E-state index in [-0.39, 0.29) is 25.5 Å². The molecule has 6 nitrogen and oxygen atoms in total. The second-order valence-electron chi connectivity index (χ2n) is 2.06. The Hall–Kier alpha value is -1.40. The van der Waals surface area contributed by atoms with Crippen molar-refractivity contribution in [3.05, 3.63) is 12.2 Å². The average molecular weight is 188 g/mol. The standard InChI is InChI=1S/C7H12N2O4/c1-5(7(11)13-4-9)2-6(10)12-3-8/h1-4,8-9H2. The van der Waals surface area contributed by atoms with Crippen molar-refractivity contribution in [1.29, 1.82) is 0 Å². The number of carbonyl (C=O) groups excluding carboxylic acids is 2. The monoisotopic (exact) mass is 188 g/mol. The van der Waals surface area contributed by atoms with Gasteiger partial charge < -0.3 is 9.47 Å². The van der Waals surface area contributed by atoms with Crippen LogP contribution >= 0.6 is 0 Å². The van der Waals surface area contributed by atoms with Crippen LogP contribution < -0.4 is 11.5 Å². The largest absolute Gasteiger partial charge is 0.450 e. The number of ether oxygens (including phenoxy) is 2. The summed E-state index contributed by atoms with van der Waals surface area (Å²) >= 11 is 0. The third kappa shape index (κ3) is 4.94. The lowest BCUT2D eigenvalue weighted by Gasteiger charge is -2.04. The van der Waals surface area contributed by atoms with Crippen molar-refractivity contribution in [2.75, 3.05) is 13.5 Å². The highest BCUT2D eigenvalue weighted by atomic mass is 16.5. The maximum absolute atomic E-state index is 10.8. The molecule has 0 amide bonds. The molecule has 0 atom stereocenters. The summed E-state index contributed by atoms with van der Waals surface area (Å²) in [4.78, 5) is 21.6. The van der Waals surface area contributed by atoms with Gasteiger partial charge in [0.15, 0.2) is 0 Å². The molecule has 13 heavy (non-hydrogen) atoms. The Kier molecular flexibility index (Phi) is 5.49. The molecule has 0 saturated heterocycles. The molecule has 0 unspecified atom stereocenters. The molecule has 0 bridgehead atoms. The molecule has 0 aliphatic carbocycles. The summed E-state index contributed by atoms with van der Waals surface area (Å²) < 4.78 is 8.76. The van der Waals surface area contributed by atoms with E-state index in [1.165, 1.54) is 0 Å². The van der Waals surface area contributed by atoms with E-state index in [1.807, 2.05) is 0 Å². The van der Waals surface area contributed by atoms with Crippen LogP contribution in [-0.4, -0.2) is 25.4 Å². The normalized spacial score (nSPS) is 9.08. The van der Waals surface area contributed by atoms with Crippen LogP contribution in [0.15, 0.2) is 12.2 Å². The van der Waals surface area contributed by atoms with E-state index in [4.69, 9.17) is 11.5 Å². The first-order chi connectivity index (χ1) is 6.11. The third-order valence-corrected chi connectivity index (χ3v) is 1.11. The first-order valence-electron chi connectivity index (χ1n) is 3.52. The molecule has 0 radical (unpaired) electrons. The number of carbonyl (C=O) groups is 2. The number of nitrogens with two attached hydrogens (primary N) is 2. The lowest BCUT2D eigenvalue weighted by molar-refractivity contribution is -0.146. The molecule has 6 heteroatoms. The average Bonchev–Trinajstić information content (AvgIpc) is 2.05. The lowest BCUT2D eigenvalue weighted by atomic mass is 10.2. The smallest absolute Gasteiger partial charge is 0.335 e. The minimum atomic E-state index is -0.712. The molecule has 0 aromatic rings. The summed E-state index contributed by atoms with van der Waals surface area (Å²) in [5, 5.41) is 0. The molecule has 4 N–H and O–H groups in total. The minimum absolute atomic E-state index is 0.0103. The van der Waals surface area contributed by atoms with Crippen LogP contribution in [0.5, 0.6) is 0 Å². The van der Waals surface area contributed by atoms with Gasteiger partial charge in [0.05, 0.1) is 6.42 Å². The van der Waals surface area contributed by atoms with E-state index in [9.17, 15) is 9.59 Å². The summed E-state index contributed by atoms with van der Waals surface area (Å²) in [6, 6.07) is 0. The van der Waals surface area contributed by atoms with Crippen LogP contribution in [0.4, 0.5) is 0 Å². The number of hydrogen-bond donors (Lipinski definition) is 2. The lowest BCUT2D eigenvalue weighted by Crippen LogP contribution is -2.18. The van der Waals surface area contributed by atoms with Crippen LogP contribution in [0.2, 0.25) is 0 Å². The highest BCUT2D eigenvalue weighted by Gasteiger charge is 2.12. The van der Waals surface area contributed by atoms with Crippen molar-refractivity contribution in [1.82, 2.24) is 0 Å². The fraction of sp³-hybridized carbons (Fsp3) is 0.429. The maximum atomic E-state index is 10.8. The molecule has 0 aromatic heterocycles. The number of esters is 2. The van der Waals surface area contributed by atoms with Gasteiger partial charge in [-0.25, -0.2) is 4.79 Å². The third-order valence-electron chi connectivity index (χ3n) is 1.11. The second kappa shape index (κ2) is 6.15. The number of hydrogen-bond acceptors (Lipinski definition) is 6. The summed E-state index contributed by atoms with van der Waals surface area (Å²) in [7, 11) is 0. The fourth-order valence-electron chi connectivity index (χ4n) is 0.568. The Morgan fingerprint density at radius 2 is 1.69 bits per heavy atom. The first-order valence-corrected chi connectivity index (χ1v) is 3.52. The second-order valence-corrected chi connectivity index (χ2v) is 2.06. The zero-order valence-corrected chi connectivity index (χ0v) is 7.12. The topological polar surface area (TPSA) is 105 Å². The van der Waals surface area contributed by atoms with Crippen molar-refractivity contribution in [2.24, 2.45) is 11.5 Å². The van der Waals surface area contributed by atoms with Crippen molar-refractivity contribution in [3.63, 3.8) is 0 Å². The van der Waals surface area contributed by atoms with Gasteiger partial charge in [-0.3, -0.25) is 16.3 Å². The first kappa shape index (κ1) is 11.6. The molecule has 0 saturated carbocycles. The molecule has 0 aliphatic rings. The van der Waals surface area contributed by atoms with Crippen molar-refractivity contribution in [2.45, 2.75) is 6.42 Å². The van der Waals surface area contributed by atoms with Gasteiger partial charge in [-0.15, -0.1) is 0 Å². The summed E-state index contributed by atoms with van der Waals surface area (Å²) in [6.45, 7) is 2.85. The molecule has 0 aliphatic heterocycles. The molecule has 0 spiro atoms. The molecular weight excluding hydrogens is 176 g/mol. The van der Waals surface area contributed by atoms with Crippen molar-refractivity contribution >= 4 is 11.9 Å². The molecular formula is C7H12N2O4. The highest BCUT2D eigenvalue weighted by molar-refractivity contribution is 5.93. The highest BCUT2D eigenvalue weighted by Crippen LogP contribution is 2.01. The summed E-state index contributed by atoms with van der Waals surface area (Å²) in [6.07, 6.45) is -0.240. The van der Waals surface area contributed by atoms with Crippen molar-refractivity contribution < 1.29 is 19.1 Å². The quantitative estimate of drug-likeness (QED) is 0.320. The summed E-state index contributed by atoms with van der Waals surface area (Å²) in [5.41, 5.74) is 9.86. The predicted molar refractivity (Wildman–Crippen MR) is 44.0 cm³/mol. The van der Waals surface area contributed by atoms with Gasteiger partial charge in [-0.05, 0) is 0 Å². The molecule has 0 fully saturated rings. The zero-order chi connectivity index (χ0) is 10.3. The van der Waals surface area contributed by atoms with Crippen LogP contribution in [0.25, 0.3) is 0 Å². The van der Waals surface area contributed by atoms with E-state index in [1.54, 1.807) is 0 Å². The van der Waals surface area contributed by atoms with E-state index in [0.29, 0.717) is 0 Å². The Morgan fingerprint density at radius 1 is 1.15 bits per heavy atom. The van der Waals surface area contributed by atoms with E-state index >= 15 is 0 Å². The van der Waals surface area contributed by atoms with E-state index in [2.05, 4.69) is 16.1 Å². The maximum Gasteiger partial charge on any atom is 0.335 e. The molecule has 0 rings (SSSR count). The van der Waals surface area contributed by atoms with Gasteiger partial charge in [-0.1, -0.05) is 6.58 Å². The molecule has 0 aromatic carbocycles. The van der Waals surface area contributed by atoms with Crippen LogP contribution in [0, 0.1) is 0 Å². The Bertz CT molecular complexity index is 215. The van der Waals surface area contributed by atoms with E-state index in [0.717, 1.165) is 0 Å². The van der Waals surface area contributed by atoms with Gasteiger partial charge in [-0.2, -0.15) is 0 Å². The minimum Gasteiger partial charge on any atom is -0.450 e. The molecule has 0 heterocycles.